The van der Waals surface area contributed by atoms with Crippen LogP contribution in [-0.4, -0.2) is 23.7 Å². The van der Waals surface area contributed by atoms with Crippen LogP contribution in [0.5, 0.6) is 5.75 Å². The Bertz CT molecular complexity index is 843. The van der Waals surface area contributed by atoms with Gasteiger partial charge in [0.05, 0.1) is 16.2 Å². The summed E-state index contributed by atoms with van der Waals surface area (Å²) in [5.74, 6) is -0.872. The SMILES string of the molecule is O=C(COc1c(Cl)cc(Cl)cc1[N+](=O)[O-])NN=Cc1cccc(Cl)c1. The summed E-state index contributed by atoms with van der Waals surface area (Å²) in [6.45, 7) is -0.519. The fourth-order valence-corrected chi connectivity index (χ4v) is 2.50. The molecule has 0 heterocycles. The van der Waals surface area contributed by atoms with Crippen molar-refractivity contribution >= 4 is 52.6 Å². The lowest BCUT2D eigenvalue weighted by Crippen LogP contribution is -2.24. The zero-order chi connectivity index (χ0) is 18.4. The van der Waals surface area contributed by atoms with Gasteiger partial charge in [0.1, 0.15) is 0 Å². The number of carbonyl (C=O) groups is 1. The van der Waals surface area contributed by atoms with Gasteiger partial charge >= 0.3 is 5.69 Å². The van der Waals surface area contributed by atoms with Gasteiger partial charge < -0.3 is 4.74 Å². The van der Waals surface area contributed by atoms with Crippen LogP contribution in [0.25, 0.3) is 0 Å². The van der Waals surface area contributed by atoms with Crippen LogP contribution in [0.1, 0.15) is 5.56 Å². The highest BCUT2D eigenvalue weighted by Crippen LogP contribution is 2.37. The predicted molar refractivity (Wildman–Crippen MR) is 95.8 cm³/mol. The molecule has 2 aromatic carbocycles. The summed E-state index contributed by atoms with van der Waals surface area (Å²) in [4.78, 5) is 22.0. The first-order valence-corrected chi connectivity index (χ1v) is 7.84. The standard InChI is InChI=1S/C15H10Cl3N3O4/c16-10-3-1-2-9(4-10)7-19-20-14(22)8-25-15-12(18)5-11(17)6-13(15)21(23)24/h1-7H,8H2,(H,20,22). The number of halogens is 3. The summed E-state index contributed by atoms with van der Waals surface area (Å²) >= 11 is 17.4. The Morgan fingerprint density at radius 1 is 1.24 bits per heavy atom. The zero-order valence-electron chi connectivity index (χ0n) is 12.4. The van der Waals surface area contributed by atoms with Gasteiger partial charge in [0, 0.05) is 16.1 Å². The number of ether oxygens (including phenoxy) is 1. The Hall–Kier alpha value is -2.35. The van der Waals surface area contributed by atoms with Crippen molar-refractivity contribution in [1.29, 1.82) is 0 Å². The molecule has 10 heteroatoms. The molecule has 1 N–H and O–H groups in total. The Balaban J connectivity index is 1.97. The number of amides is 1. The molecule has 0 aliphatic heterocycles. The van der Waals surface area contributed by atoms with Crippen LogP contribution >= 0.6 is 34.8 Å². The van der Waals surface area contributed by atoms with E-state index in [1.807, 2.05) is 0 Å². The number of nitrogens with one attached hydrogen (secondary N) is 1. The molecule has 0 saturated heterocycles. The molecule has 0 radical (unpaired) electrons. The van der Waals surface area contributed by atoms with Gasteiger partial charge in [-0.3, -0.25) is 14.9 Å². The minimum absolute atomic E-state index is 0.0746. The van der Waals surface area contributed by atoms with E-state index in [1.54, 1.807) is 24.3 Å². The van der Waals surface area contributed by atoms with Crippen molar-refractivity contribution in [3.05, 3.63) is 67.1 Å². The monoisotopic (exact) mass is 401 g/mol. The molecule has 1 amide bonds. The Morgan fingerprint density at radius 2 is 2.00 bits per heavy atom. The molecule has 2 rings (SSSR count). The predicted octanol–water partition coefficient (Wildman–Crippen LogP) is 4.08. The summed E-state index contributed by atoms with van der Waals surface area (Å²) in [6, 6.07) is 9.20. The molecule has 7 nitrogen and oxygen atoms in total. The van der Waals surface area contributed by atoms with E-state index in [0.29, 0.717) is 10.6 Å². The van der Waals surface area contributed by atoms with Crippen LogP contribution in [0, 0.1) is 10.1 Å². The van der Waals surface area contributed by atoms with Crippen molar-refractivity contribution in [2.24, 2.45) is 5.10 Å². The van der Waals surface area contributed by atoms with E-state index in [9.17, 15) is 14.9 Å². The summed E-state index contributed by atoms with van der Waals surface area (Å²) in [7, 11) is 0. The van der Waals surface area contributed by atoms with Crippen LogP contribution in [0.3, 0.4) is 0 Å². The second-order valence-electron chi connectivity index (χ2n) is 4.63. The Morgan fingerprint density at radius 3 is 2.68 bits per heavy atom. The van der Waals surface area contributed by atoms with Gasteiger partial charge in [-0.1, -0.05) is 46.9 Å². The number of nitro groups is 1. The van der Waals surface area contributed by atoms with Gasteiger partial charge in [-0.15, -0.1) is 0 Å². The molecule has 0 aliphatic carbocycles. The second kappa shape index (κ2) is 8.66. The summed E-state index contributed by atoms with van der Waals surface area (Å²) in [5, 5.41) is 15.3. The van der Waals surface area contributed by atoms with E-state index in [4.69, 9.17) is 39.5 Å². The molecule has 130 valence electrons. The minimum Gasteiger partial charge on any atom is -0.476 e. The first-order chi connectivity index (χ1) is 11.9. The van der Waals surface area contributed by atoms with Crippen molar-refractivity contribution < 1.29 is 14.5 Å². The van der Waals surface area contributed by atoms with Crippen molar-refractivity contribution in [2.75, 3.05) is 6.61 Å². The largest absolute Gasteiger partial charge is 0.476 e. The first-order valence-electron chi connectivity index (χ1n) is 6.70. The van der Waals surface area contributed by atoms with E-state index >= 15 is 0 Å². The van der Waals surface area contributed by atoms with Gasteiger partial charge in [0.25, 0.3) is 5.91 Å². The maximum absolute atomic E-state index is 11.7. The van der Waals surface area contributed by atoms with E-state index in [1.165, 1.54) is 12.3 Å². The number of nitrogens with zero attached hydrogens (tertiary/aromatic N) is 2. The minimum atomic E-state index is -0.706. The van der Waals surface area contributed by atoms with Gasteiger partial charge in [-0.25, -0.2) is 5.43 Å². The van der Waals surface area contributed by atoms with E-state index in [2.05, 4.69) is 10.5 Å². The van der Waals surface area contributed by atoms with Crippen molar-refractivity contribution in [2.45, 2.75) is 0 Å². The molecule has 0 bridgehead atoms. The van der Waals surface area contributed by atoms with Crippen LogP contribution in [0.2, 0.25) is 15.1 Å². The summed E-state index contributed by atoms with van der Waals surface area (Å²) < 4.78 is 5.13. The molecule has 2 aromatic rings. The van der Waals surface area contributed by atoms with E-state index < -0.39 is 23.1 Å². The second-order valence-corrected chi connectivity index (χ2v) is 5.91. The van der Waals surface area contributed by atoms with Gasteiger partial charge in [-0.05, 0) is 23.8 Å². The fraction of sp³-hybridized carbons (Fsp3) is 0.0667. The highest BCUT2D eigenvalue weighted by molar-refractivity contribution is 6.36. The lowest BCUT2D eigenvalue weighted by Gasteiger charge is -2.08. The highest BCUT2D eigenvalue weighted by Gasteiger charge is 2.21. The van der Waals surface area contributed by atoms with Gasteiger partial charge in [0.2, 0.25) is 5.75 Å². The zero-order valence-corrected chi connectivity index (χ0v) is 14.7. The van der Waals surface area contributed by atoms with Crippen LogP contribution in [0.4, 0.5) is 5.69 Å². The van der Waals surface area contributed by atoms with Crippen LogP contribution < -0.4 is 10.2 Å². The number of hydrogen-bond acceptors (Lipinski definition) is 5. The number of rotatable bonds is 6. The van der Waals surface area contributed by atoms with Crippen molar-refractivity contribution in [1.82, 2.24) is 5.43 Å². The lowest BCUT2D eigenvalue weighted by molar-refractivity contribution is -0.385. The van der Waals surface area contributed by atoms with Gasteiger partial charge in [-0.2, -0.15) is 5.10 Å². The lowest BCUT2D eigenvalue weighted by atomic mass is 10.2. The third kappa shape index (κ3) is 5.60. The molecule has 0 spiro atoms. The van der Waals surface area contributed by atoms with Crippen LogP contribution in [0.15, 0.2) is 41.5 Å². The van der Waals surface area contributed by atoms with Crippen molar-refractivity contribution in [3.8, 4) is 5.75 Å². The van der Waals surface area contributed by atoms with E-state index in [0.717, 1.165) is 6.07 Å². The molecule has 0 fully saturated rings. The average Bonchev–Trinajstić information content (AvgIpc) is 2.53. The average molecular weight is 403 g/mol. The van der Waals surface area contributed by atoms with Gasteiger partial charge in [0.15, 0.2) is 6.61 Å². The molecule has 0 atom stereocenters. The molecule has 0 aromatic heterocycles. The molecule has 25 heavy (non-hydrogen) atoms. The fourth-order valence-electron chi connectivity index (χ4n) is 1.76. The highest BCUT2D eigenvalue weighted by atomic mass is 35.5. The van der Waals surface area contributed by atoms with Crippen molar-refractivity contribution in [3.63, 3.8) is 0 Å². The Kier molecular flexibility index (Phi) is 6.58. The maximum atomic E-state index is 11.7. The third-order valence-electron chi connectivity index (χ3n) is 2.78. The Labute approximate surface area is 157 Å². The molecule has 0 aliphatic rings. The maximum Gasteiger partial charge on any atom is 0.314 e. The summed E-state index contributed by atoms with van der Waals surface area (Å²) in [5.41, 5.74) is 2.47. The molecule has 0 saturated carbocycles. The number of hydrazone groups is 1. The number of nitro benzene ring substituents is 1. The summed E-state index contributed by atoms with van der Waals surface area (Å²) in [6.07, 6.45) is 1.39. The number of benzene rings is 2. The normalized spacial score (nSPS) is 10.7. The van der Waals surface area contributed by atoms with E-state index in [-0.39, 0.29) is 15.8 Å². The molecular weight excluding hydrogens is 393 g/mol. The first kappa shape index (κ1) is 19.0. The molecule has 0 unspecified atom stereocenters. The third-order valence-corrected chi connectivity index (χ3v) is 3.52. The smallest absolute Gasteiger partial charge is 0.314 e. The number of carbonyl (C=O) groups excluding carboxylic acids is 1. The number of hydrogen-bond donors (Lipinski definition) is 1. The van der Waals surface area contributed by atoms with Crippen LogP contribution in [-0.2, 0) is 4.79 Å². The quantitative estimate of drug-likeness (QED) is 0.447. The topological polar surface area (TPSA) is 93.8 Å². The molecular formula is C15H10Cl3N3O4.